The molecule has 1 aliphatic heterocycles. The van der Waals surface area contributed by atoms with Crippen molar-refractivity contribution in [2.24, 2.45) is 0 Å². The van der Waals surface area contributed by atoms with E-state index in [4.69, 9.17) is 0 Å². The third-order valence-corrected chi connectivity index (χ3v) is 3.49. The Balaban J connectivity index is 1.86. The van der Waals surface area contributed by atoms with Gasteiger partial charge in [-0.1, -0.05) is 31.0 Å². The van der Waals surface area contributed by atoms with Crippen molar-refractivity contribution in [3.63, 3.8) is 0 Å². The second kappa shape index (κ2) is 6.55. The third kappa shape index (κ3) is 3.84. The van der Waals surface area contributed by atoms with Gasteiger partial charge in [-0.05, 0) is 44.5 Å². The molecule has 1 heterocycles. The van der Waals surface area contributed by atoms with Gasteiger partial charge >= 0.3 is 0 Å². The molecular weight excluding hydrogens is 224 g/mol. The van der Waals surface area contributed by atoms with Crippen LogP contribution in [-0.2, 0) is 4.79 Å². The van der Waals surface area contributed by atoms with E-state index in [0.717, 1.165) is 24.3 Å². The van der Waals surface area contributed by atoms with Crippen molar-refractivity contribution in [1.29, 1.82) is 0 Å². The predicted octanol–water partition coefficient (Wildman–Crippen LogP) is 2.81. The number of carbonyl (C=O) groups is 1. The smallest absolute Gasteiger partial charge is 0.238 e. The Labute approximate surface area is 109 Å². The molecule has 0 spiro atoms. The first kappa shape index (κ1) is 13.1. The summed E-state index contributed by atoms with van der Waals surface area (Å²) in [5.74, 6) is 0.103. The highest BCUT2D eigenvalue weighted by atomic mass is 16.2. The van der Waals surface area contributed by atoms with E-state index in [-0.39, 0.29) is 5.91 Å². The van der Waals surface area contributed by atoms with Gasteiger partial charge in [0.15, 0.2) is 0 Å². The van der Waals surface area contributed by atoms with Crippen molar-refractivity contribution in [2.45, 2.75) is 32.6 Å². The summed E-state index contributed by atoms with van der Waals surface area (Å²) >= 11 is 0. The quantitative estimate of drug-likeness (QED) is 0.889. The number of nitrogens with one attached hydrogen (secondary N) is 1. The third-order valence-electron chi connectivity index (χ3n) is 3.49. The van der Waals surface area contributed by atoms with Crippen LogP contribution in [-0.4, -0.2) is 30.4 Å². The van der Waals surface area contributed by atoms with Gasteiger partial charge in [-0.25, -0.2) is 0 Å². The molecule has 1 aromatic rings. The fraction of sp³-hybridized carbons (Fsp3) is 0.533. The molecule has 1 aromatic carbocycles. The molecule has 0 saturated carbocycles. The number of aryl methyl sites for hydroxylation is 1. The molecule has 2 rings (SSSR count). The first-order valence-corrected chi connectivity index (χ1v) is 6.83. The summed E-state index contributed by atoms with van der Waals surface area (Å²) in [4.78, 5) is 14.3. The summed E-state index contributed by atoms with van der Waals surface area (Å²) in [6, 6.07) is 7.91. The van der Waals surface area contributed by atoms with Gasteiger partial charge in [0.1, 0.15) is 0 Å². The van der Waals surface area contributed by atoms with Gasteiger partial charge in [-0.3, -0.25) is 9.69 Å². The molecule has 0 radical (unpaired) electrons. The minimum atomic E-state index is 0.103. The fourth-order valence-electron chi connectivity index (χ4n) is 2.40. The number of benzene rings is 1. The number of carbonyl (C=O) groups excluding carboxylic acids is 1. The predicted molar refractivity (Wildman–Crippen MR) is 74.7 cm³/mol. The van der Waals surface area contributed by atoms with Crippen LogP contribution in [0, 0.1) is 6.92 Å². The van der Waals surface area contributed by atoms with Crippen LogP contribution in [0.3, 0.4) is 0 Å². The summed E-state index contributed by atoms with van der Waals surface area (Å²) < 4.78 is 0. The molecular formula is C15H22N2O. The molecule has 3 heteroatoms. The molecule has 0 aromatic heterocycles. The van der Waals surface area contributed by atoms with Gasteiger partial charge in [0.05, 0.1) is 6.54 Å². The van der Waals surface area contributed by atoms with E-state index in [2.05, 4.69) is 10.2 Å². The molecule has 1 amide bonds. The van der Waals surface area contributed by atoms with E-state index in [1.807, 2.05) is 31.2 Å². The van der Waals surface area contributed by atoms with Crippen LogP contribution in [0.15, 0.2) is 24.3 Å². The van der Waals surface area contributed by atoms with Gasteiger partial charge in [0.25, 0.3) is 0 Å². The van der Waals surface area contributed by atoms with Gasteiger partial charge < -0.3 is 5.32 Å². The van der Waals surface area contributed by atoms with Crippen LogP contribution in [0.4, 0.5) is 5.69 Å². The lowest BCUT2D eigenvalue weighted by atomic mass is 10.2. The SMILES string of the molecule is Cc1ccccc1NC(=O)CN1CCCCCC1. The van der Waals surface area contributed by atoms with Crippen LogP contribution < -0.4 is 5.32 Å². The second-order valence-electron chi connectivity index (χ2n) is 5.05. The number of hydrogen-bond donors (Lipinski definition) is 1. The summed E-state index contributed by atoms with van der Waals surface area (Å²) in [6.45, 7) is 4.65. The number of para-hydroxylation sites is 1. The molecule has 0 atom stereocenters. The number of nitrogens with zero attached hydrogens (tertiary/aromatic N) is 1. The van der Waals surface area contributed by atoms with Crippen LogP contribution in [0.1, 0.15) is 31.2 Å². The Morgan fingerprint density at radius 1 is 1.17 bits per heavy atom. The Morgan fingerprint density at radius 2 is 1.83 bits per heavy atom. The molecule has 1 aliphatic rings. The minimum Gasteiger partial charge on any atom is -0.325 e. The average molecular weight is 246 g/mol. The number of hydrogen-bond acceptors (Lipinski definition) is 2. The highest BCUT2D eigenvalue weighted by Gasteiger charge is 2.13. The lowest BCUT2D eigenvalue weighted by Crippen LogP contribution is -2.34. The largest absolute Gasteiger partial charge is 0.325 e. The maximum Gasteiger partial charge on any atom is 0.238 e. The Hall–Kier alpha value is -1.35. The number of amides is 1. The Bertz CT molecular complexity index is 395. The van der Waals surface area contributed by atoms with E-state index in [1.165, 1.54) is 25.7 Å². The topological polar surface area (TPSA) is 32.3 Å². The number of anilines is 1. The number of rotatable bonds is 3. The average Bonchev–Trinajstić information content (AvgIpc) is 2.61. The van der Waals surface area contributed by atoms with Gasteiger partial charge in [-0.15, -0.1) is 0 Å². The van der Waals surface area contributed by atoms with E-state index in [0.29, 0.717) is 6.54 Å². The summed E-state index contributed by atoms with van der Waals surface area (Å²) in [5, 5.41) is 3.00. The van der Waals surface area contributed by atoms with Crippen LogP contribution in [0.25, 0.3) is 0 Å². The minimum absolute atomic E-state index is 0.103. The maximum absolute atomic E-state index is 12.0. The highest BCUT2D eigenvalue weighted by Crippen LogP contribution is 2.14. The molecule has 0 bridgehead atoms. The molecule has 0 unspecified atom stereocenters. The van der Waals surface area contributed by atoms with E-state index < -0.39 is 0 Å². The van der Waals surface area contributed by atoms with E-state index in [1.54, 1.807) is 0 Å². The fourth-order valence-corrected chi connectivity index (χ4v) is 2.40. The van der Waals surface area contributed by atoms with Crippen molar-refractivity contribution in [1.82, 2.24) is 4.90 Å². The molecule has 1 saturated heterocycles. The zero-order chi connectivity index (χ0) is 12.8. The Kier molecular flexibility index (Phi) is 4.76. The molecule has 1 N–H and O–H groups in total. The zero-order valence-corrected chi connectivity index (χ0v) is 11.1. The van der Waals surface area contributed by atoms with Crippen molar-refractivity contribution in [3.8, 4) is 0 Å². The van der Waals surface area contributed by atoms with Gasteiger partial charge in [0.2, 0.25) is 5.91 Å². The standard InChI is InChI=1S/C15H22N2O/c1-13-8-4-5-9-14(13)16-15(18)12-17-10-6-2-3-7-11-17/h4-5,8-9H,2-3,6-7,10-12H2,1H3,(H,16,18). The van der Waals surface area contributed by atoms with Crippen LogP contribution in [0.5, 0.6) is 0 Å². The first-order valence-electron chi connectivity index (χ1n) is 6.83. The normalized spacial score (nSPS) is 17.2. The van der Waals surface area contributed by atoms with Crippen molar-refractivity contribution >= 4 is 11.6 Å². The van der Waals surface area contributed by atoms with E-state index in [9.17, 15) is 4.79 Å². The summed E-state index contributed by atoms with van der Waals surface area (Å²) in [5.41, 5.74) is 2.04. The first-order chi connectivity index (χ1) is 8.75. The number of likely N-dealkylation sites (tertiary alicyclic amines) is 1. The lowest BCUT2D eigenvalue weighted by Gasteiger charge is -2.19. The molecule has 18 heavy (non-hydrogen) atoms. The lowest BCUT2D eigenvalue weighted by molar-refractivity contribution is -0.117. The van der Waals surface area contributed by atoms with Crippen LogP contribution >= 0.6 is 0 Å². The monoisotopic (exact) mass is 246 g/mol. The van der Waals surface area contributed by atoms with Crippen molar-refractivity contribution in [2.75, 3.05) is 25.0 Å². The zero-order valence-electron chi connectivity index (χ0n) is 11.1. The van der Waals surface area contributed by atoms with Crippen molar-refractivity contribution < 1.29 is 4.79 Å². The van der Waals surface area contributed by atoms with Gasteiger partial charge in [0, 0.05) is 5.69 Å². The van der Waals surface area contributed by atoms with Gasteiger partial charge in [-0.2, -0.15) is 0 Å². The molecule has 1 fully saturated rings. The summed E-state index contributed by atoms with van der Waals surface area (Å²) in [7, 11) is 0. The molecule has 0 aliphatic carbocycles. The highest BCUT2D eigenvalue weighted by molar-refractivity contribution is 5.92. The van der Waals surface area contributed by atoms with Crippen molar-refractivity contribution in [3.05, 3.63) is 29.8 Å². The molecule has 3 nitrogen and oxygen atoms in total. The maximum atomic E-state index is 12.0. The summed E-state index contributed by atoms with van der Waals surface area (Å²) in [6.07, 6.45) is 5.04. The molecule has 98 valence electrons. The Morgan fingerprint density at radius 3 is 2.50 bits per heavy atom. The second-order valence-corrected chi connectivity index (χ2v) is 5.05. The van der Waals surface area contributed by atoms with Crippen LogP contribution in [0.2, 0.25) is 0 Å². The van der Waals surface area contributed by atoms with E-state index >= 15 is 0 Å².